The molecule has 2 atom stereocenters. The molecule has 0 N–H and O–H groups in total. The second-order valence-electron chi connectivity index (χ2n) is 7.19. The summed E-state index contributed by atoms with van der Waals surface area (Å²) in [5.74, 6) is 1.52. The van der Waals surface area contributed by atoms with Gasteiger partial charge in [0, 0.05) is 50.9 Å². The first kappa shape index (κ1) is 16.5. The van der Waals surface area contributed by atoms with Crippen LogP contribution in [0.15, 0.2) is 24.5 Å². The number of hydrogen-bond donors (Lipinski definition) is 0. The van der Waals surface area contributed by atoms with Gasteiger partial charge in [0.2, 0.25) is 0 Å². The first-order chi connectivity index (χ1) is 12.2. The van der Waals surface area contributed by atoms with Gasteiger partial charge in [0.25, 0.3) is 0 Å². The number of ether oxygens (including phenoxy) is 1. The third kappa shape index (κ3) is 3.82. The van der Waals surface area contributed by atoms with Crippen molar-refractivity contribution in [3.63, 3.8) is 0 Å². The maximum Gasteiger partial charge on any atom is 0.151 e. The van der Waals surface area contributed by atoms with Gasteiger partial charge in [-0.05, 0) is 32.0 Å². The molecular formula is C18H26N6O. The largest absolute Gasteiger partial charge is 0.375 e. The normalized spacial score (nSPS) is 24.8. The molecule has 0 amide bonds. The highest BCUT2D eigenvalue weighted by atomic mass is 16.5. The molecule has 7 heteroatoms. The van der Waals surface area contributed by atoms with Crippen LogP contribution >= 0.6 is 0 Å². The quantitative estimate of drug-likeness (QED) is 0.837. The number of rotatable bonds is 3. The zero-order valence-electron chi connectivity index (χ0n) is 15.0. The number of aryl methyl sites for hydroxylation is 2. The molecule has 0 aliphatic carbocycles. The van der Waals surface area contributed by atoms with Crippen molar-refractivity contribution in [1.82, 2.24) is 24.9 Å². The predicted molar refractivity (Wildman–Crippen MR) is 95.3 cm³/mol. The molecule has 0 spiro atoms. The van der Waals surface area contributed by atoms with Gasteiger partial charge in [-0.2, -0.15) is 10.2 Å². The summed E-state index contributed by atoms with van der Waals surface area (Å²) in [7, 11) is 1.96. The van der Waals surface area contributed by atoms with E-state index in [0.29, 0.717) is 12.0 Å². The molecule has 2 aromatic rings. The van der Waals surface area contributed by atoms with Crippen LogP contribution in [0.25, 0.3) is 0 Å². The van der Waals surface area contributed by atoms with E-state index in [9.17, 15) is 0 Å². The van der Waals surface area contributed by atoms with Crippen molar-refractivity contribution in [2.45, 2.75) is 26.0 Å². The van der Waals surface area contributed by atoms with Crippen molar-refractivity contribution in [3.8, 4) is 0 Å². The van der Waals surface area contributed by atoms with Crippen LogP contribution < -0.4 is 4.90 Å². The van der Waals surface area contributed by atoms with Crippen LogP contribution in [0.5, 0.6) is 0 Å². The first-order valence-corrected chi connectivity index (χ1v) is 9.04. The van der Waals surface area contributed by atoms with Gasteiger partial charge in [0.1, 0.15) is 0 Å². The summed E-state index contributed by atoms with van der Waals surface area (Å²) >= 11 is 0. The minimum atomic E-state index is 0.300. The number of nitrogens with zero attached hydrogens (tertiary/aromatic N) is 6. The van der Waals surface area contributed by atoms with Gasteiger partial charge in [-0.15, -0.1) is 5.10 Å². The standard InChI is InChI=1S/C18H26N6O/c1-14-3-4-18(21-20-14)24-7-8-25-17-13-23(6-5-16(17)12-24)11-15-9-19-22(2)10-15/h3-4,9-10,16-17H,5-8,11-13H2,1-2H3/t16-,17-/m1/s1. The number of hydrogen-bond acceptors (Lipinski definition) is 6. The van der Waals surface area contributed by atoms with Gasteiger partial charge in [-0.1, -0.05) is 0 Å². The summed E-state index contributed by atoms with van der Waals surface area (Å²) in [5.41, 5.74) is 2.22. The Bertz CT molecular complexity index is 700. The molecule has 0 saturated carbocycles. The molecule has 134 valence electrons. The van der Waals surface area contributed by atoms with Crippen molar-refractivity contribution in [2.24, 2.45) is 13.0 Å². The van der Waals surface area contributed by atoms with Crippen LogP contribution in [0.4, 0.5) is 5.82 Å². The second kappa shape index (κ2) is 7.09. The molecular weight excluding hydrogens is 316 g/mol. The van der Waals surface area contributed by atoms with Crippen molar-refractivity contribution in [1.29, 1.82) is 0 Å². The average Bonchev–Trinajstić information content (AvgIpc) is 2.89. The van der Waals surface area contributed by atoms with E-state index >= 15 is 0 Å². The van der Waals surface area contributed by atoms with Gasteiger partial charge in [0.05, 0.1) is 24.6 Å². The highest BCUT2D eigenvalue weighted by Crippen LogP contribution is 2.26. The lowest BCUT2D eigenvalue weighted by molar-refractivity contribution is -0.0239. The van der Waals surface area contributed by atoms with E-state index < -0.39 is 0 Å². The van der Waals surface area contributed by atoms with Crippen LogP contribution in [0.2, 0.25) is 0 Å². The lowest BCUT2D eigenvalue weighted by Gasteiger charge is -2.37. The van der Waals surface area contributed by atoms with Crippen molar-refractivity contribution in [2.75, 3.05) is 37.7 Å². The zero-order chi connectivity index (χ0) is 17.2. The third-order valence-corrected chi connectivity index (χ3v) is 5.20. The Morgan fingerprint density at radius 3 is 2.88 bits per heavy atom. The highest BCUT2D eigenvalue weighted by molar-refractivity contribution is 5.37. The third-order valence-electron chi connectivity index (χ3n) is 5.20. The lowest BCUT2D eigenvalue weighted by Crippen LogP contribution is -2.46. The van der Waals surface area contributed by atoms with E-state index in [0.717, 1.165) is 57.3 Å². The Hall–Kier alpha value is -1.99. The molecule has 2 saturated heterocycles. The number of likely N-dealkylation sites (tertiary alicyclic amines) is 1. The smallest absolute Gasteiger partial charge is 0.151 e. The number of piperidine rings is 1. The molecule has 0 unspecified atom stereocenters. The second-order valence-corrected chi connectivity index (χ2v) is 7.19. The van der Waals surface area contributed by atoms with Gasteiger partial charge in [-0.3, -0.25) is 9.58 Å². The molecule has 25 heavy (non-hydrogen) atoms. The number of fused-ring (bicyclic) bond motifs is 1. The van der Waals surface area contributed by atoms with Crippen molar-refractivity contribution >= 4 is 5.82 Å². The zero-order valence-corrected chi connectivity index (χ0v) is 15.0. The molecule has 2 aliphatic rings. The van der Waals surface area contributed by atoms with Crippen molar-refractivity contribution in [3.05, 3.63) is 35.8 Å². The van der Waals surface area contributed by atoms with Crippen LogP contribution in [-0.2, 0) is 18.3 Å². The topological polar surface area (TPSA) is 59.3 Å². The Morgan fingerprint density at radius 1 is 1.20 bits per heavy atom. The Morgan fingerprint density at radius 2 is 2.12 bits per heavy atom. The summed E-state index contributed by atoms with van der Waals surface area (Å²) < 4.78 is 8.07. The fraction of sp³-hybridized carbons (Fsp3) is 0.611. The molecule has 7 nitrogen and oxygen atoms in total. The predicted octanol–water partition coefficient (Wildman–Crippen LogP) is 1.25. The molecule has 4 heterocycles. The number of aromatic nitrogens is 4. The molecule has 0 bridgehead atoms. The highest BCUT2D eigenvalue weighted by Gasteiger charge is 2.33. The van der Waals surface area contributed by atoms with E-state index in [1.807, 2.05) is 30.9 Å². The van der Waals surface area contributed by atoms with Gasteiger partial charge in [0.15, 0.2) is 5.82 Å². The SMILES string of the molecule is Cc1ccc(N2CCO[C@@H]3CN(Cc4cnn(C)c4)CC[C@@H]3C2)nn1. The fourth-order valence-electron chi connectivity index (χ4n) is 3.84. The molecule has 2 fully saturated rings. The van der Waals surface area contributed by atoms with E-state index in [1.54, 1.807) is 0 Å². The molecule has 2 aliphatic heterocycles. The average molecular weight is 342 g/mol. The van der Waals surface area contributed by atoms with Crippen LogP contribution in [0, 0.1) is 12.8 Å². The summed E-state index contributed by atoms with van der Waals surface area (Å²) in [6.07, 6.45) is 5.50. The fourth-order valence-corrected chi connectivity index (χ4v) is 3.84. The Kier molecular flexibility index (Phi) is 4.67. The van der Waals surface area contributed by atoms with Crippen LogP contribution in [0.3, 0.4) is 0 Å². The summed E-state index contributed by atoms with van der Waals surface area (Å²) in [6.45, 7) is 7.65. The lowest BCUT2D eigenvalue weighted by atomic mass is 9.93. The van der Waals surface area contributed by atoms with Crippen LogP contribution in [-0.4, -0.2) is 63.8 Å². The van der Waals surface area contributed by atoms with Gasteiger partial charge < -0.3 is 9.64 Å². The molecule has 4 rings (SSSR count). The molecule has 0 radical (unpaired) electrons. The van der Waals surface area contributed by atoms with Gasteiger partial charge in [-0.25, -0.2) is 0 Å². The van der Waals surface area contributed by atoms with Crippen LogP contribution in [0.1, 0.15) is 17.7 Å². The maximum atomic E-state index is 6.20. The maximum absolute atomic E-state index is 6.20. The van der Waals surface area contributed by atoms with Gasteiger partial charge >= 0.3 is 0 Å². The van der Waals surface area contributed by atoms with Crippen molar-refractivity contribution < 1.29 is 4.74 Å². The number of anilines is 1. The van der Waals surface area contributed by atoms with E-state index in [1.165, 1.54) is 5.56 Å². The summed E-state index contributed by atoms with van der Waals surface area (Å²) in [5, 5.41) is 12.8. The molecule has 2 aromatic heterocycles. The van der Waals surface area contributed by atoms with E-state index in [-0.39, 0.29) is 0 Å². The Labute approximate surface area is 148 Å². The monoisotopic (exact) mass is 342 g/mol. The summed E-state index contributed by atoms with van der Waals surface area (Å²) in [4.78, 5) is 4.81. The Balaban J connectivity index is 1.39. The van der Waals surface area contributed by atoms with E-state index in [4.69, 9.17) is 4.74 Å². The molecule has 0 aromatic carbocycles. The minimum absolute atomic E-state index is 0.300. The first-order valence-electron chi connectivity index (χ1n) is 9.04. The minimum Gasteiger partial charge on any atom is -0.375 e. The summed E-state index contributed by atoms with van der Waals surface area (Å²) in [6, 6.07) is 4.10. The van der Waals surface area contributed by atoms with E-state index in [2.05, 4.69) is 37.4 Å².